The molecule has 0 aromatic heterocycles. The molecular formula is C22H27NO3. The van der Waals surface area contributed by atoms with E-state index in [-0.39, 0.29) is 19.0 Å². The minimum absolute atomic E-state index is 0.0109. The van der Waals surface area contributed by atoms with E-state index in [1.807, 2.05) is 62.6 Å². The maximum Gasteiger partial charge on any atom is 0.309 e. The number of methoxy groups -OCH3 is 1. The zero-order chi connectivity index (χ0) is 18.9. The first-order valence-electron chi connectivity index (χ1n) is 8.75. The van der Waals surface area contributed by atoms with Crippen molar-refractivity contribution in [1.82, 2.24) is 4.90 Å². The standard InChI is InChI=1S/C22H27NO3/c1-23(2)13-7-12-20(21-11-5-4-9-19(21)16-24)18-10-6-8-17(14-18)15-22(25)26-3/h4-6,8-12,14,24H,7,13,15-16H2,1-3H3/b20-12+. The van der Waals surface area contributed by atoms with E-state index >= 15 is 0 Å². The van der Waals surface area contributed by atoms with Gasteiger partial charge >= 0.3 is 5.97 Å². The molecule has 0 radical (unpaired) electrons. The van der Waals surface area contributed by atoms with Crippen molar-refractivity contribution in [1.29, 1.82) is 0 Å². The predicted molar refractivity (Wildman–Crippen MR) is 105 cm³/mol. The lowest BCUT2D eigenvalue weighted by Gasteiger charge is -2.15. The number of hydrogen-bond acceptors (Lipinski definition) is 4. The van der Waals surface area contributed by atoms with E-state index in [0.29, 0.717) is 0 Å². The van der Waals surface area contributed by atoms with Gasteiger partial charge in [0.2, 0.25) is 0 Å². The minimum atomic E-state index is -0.254. The summed E-state index contributed by atoms with van der Waals surface area (Å²) >= 11 is 0. The third-order valence-electron chi connectivity index (χ3n) is 4.22. The Hall–Kier alpha value is -2.43. The maximum atomic E-state index is 11.6. The van der Waals surface area contributed by atoms with Gasteiger partial charge in [-0.15, -0.1) is 0 Å². The molecule has 0 amide bonds. The Balaban J connectivity index is 2.44. The molecule has 2 aromatic rings. The lowest BCUT2D eigenvalue weighted by atomic mass is 9.92. The Morgan fingerprint density at radius 3 is 2.62 bits per heavy atom. The third kappa shape index (κ3) is 5.55. The van der Waals surface area contributed by atoms with Gasteiger partial charge in [-0.1, -0.05) is 54.6 Å². The summed E-state index contributed by atoms with van der Waals surface area (Å²) in [5, 5.41) is 9.74. The molecule has 138 valence electrons. The van der Waals surface area contributed by atoms with Crippen LogP contribution in [-0.2, 0) is 22.6 Å². The molecule has 26 heavy (non-hydrogen) atoms. The molecule has 0 unspecified atom stereocenters. The molecule has 0 aliphatic heterocycles. The first kappa shape index (κ1) is 19.9. The van der Waals surface area contributed by atoms with Crippen LogP contribution in [0.2, 0.25) is 0 Å². The van der Waals surface area contributed by atoms with Gasteiger partial charge in [-0.25, -0.2) is 0 Å². The monoisotopic (exact) mass is 353 g/mol. The van der Waals surface area contributed by atoms with Crippen LogP contribution in [0.4, 0.5) is 0 Å². The first-order valence-corrected chi connectivity index (χ1v) is 8.75. The zero-order valence-electron chi connectivity index (χ0n) is 15.7. The summed E-state index contributed by atoms with van der Waals surface area (Å²) in [5.41, 5.74) is 4.93. The summed E-state index contributed by atoms with van der Waals surface area (Å²) in [6, 6.07) is 15.8. The van der Waals surface area contributed by atoms with Crippen LogP contribution in [0.3, 0.4) is 0 Å². The van der Waals surface area contributed by atoms with Crippen molar-refractivity contribution in [2.24, 2.45) is 0 Å². The van der Waals surface area contributed by atoms with Crippen molar-refractivity contribution in [3.05, 3.63) is 76.9 Å². The molecule has 0 aliphatic rings. The zero-order valence-corrected chi connectivity index (χ0v) is 15.7. The van der Waals surface area contributed by atoms with Crippen molar-refractivity contribution in [3.63, 3.8) is 0 Å². The molecule has 0 heterocycles. The van der Waals surface area contributed by atoms with E-state index in [1.165, 1.54) is 7.11 Å². The van der Waals surface area contributed by atoms with Crippen LogP contribution in [0.1, 0.15) is 28.7 Å². The molecule has 0 bridgehead atoms. The van der Waals surface area contributed by atoms with Gasteiger partial charge in [0.15, 0.2) is 0 Å². The molecule has 0 atom stereocenters. The average Bonchev–Trinajstić information content (AvgIpc) is 2.65. The number of hydrogen-bond donors (Lipinski definition) is 1. The van der Waals surface area contributed by atoms with Gasteiger partial charge in [0.1, 0.15) is 0 Å². The Morgan fingerprint density at radius 1 is 1.15 bits per heavy atom. The highest BCUT2D eigenvalue weighted by Gasteiger charge is 2.11. The van der Waals surface area contributed by atoms with Gasteiger partial charge in [-0.2, -0.15) is 0 Å². The van der Waals surface area contributed by atoms with Crippen molar-refractivity contribution in [2.75, 3.05) is 27.7 Å². The summed E-state index contributed by atoms with van der Waals surface area (Å²) in [6.45, 7) is 0.926. The fourth-order valence-corrected chi connectivity index (χ4v) is 2.86. The molecule has 2 rings (SSSR count). The van der Waals surface area contributed by atoms with Crippen LogP contribution in [0.25, 0.3) is 5.57 Å². The second kappa shape index (κ2) is 9.90. The van der Waals surface area contributed by atoms with Crippen molar-refractivity contribution >= 4 is 11.5 Å². The van der Waals surface area contributed by atoms with Gasteiger partial charge in [0, 0.05) is 6.54 Å². The smallest absolute Gasteiger partial charge is 0.309 e. The number of ether oxygens (including phenoxy) is 1. The highest BCUT2D eigenvalue weighted by Crippen LogP contribution is 2.28. The largest absolute Gasteiger partial charge is 0.469 e. The van der Waals surface area contributed by atoms with Gasteiger partial charge in [-0.3, -0.25) is 4.79 Å². The minimum Gasteiger partial charge on any atom is -0.469 e. The number of aliphatic hydroxyl groups is 1. The van der Waals surface area contributed by atoms with Crippen molar-refractivity contribution in [3.8, 4) is 0 Å². The first-order chi connectivity index (χ1) is 12.5. The summed E-state index contributed by atoms with van der Waals surface area (Å²) in [7, 11) is 5.49. The number of benzene rings is 2. The van der Waals surface area contributed by atoms with Crippen LogP contribution in [-0.4, -0.2) is 43.7 Å². The van der Waals surface area contributed by atoms with E-state index in [2.05, 4.69) is 11.0 Å². The molecule has 0 fully saturated rings. The number of carbonyl (C=O) groups excluding carboxylic acids is 1. The number of carbonyl (C=O) groups is 1. The van der Waals surface area contributed by atoms with E-state index < -0.39 is 0 Å². The summed E-state index contributed by atoms with van der Waals surface area (Å²) in [5.74, 6) is -0.254. The second-order valence-corrected chi connectivity index (χ2v) is 6.48. The molecule has 2 aromatic carbocycles. The number of nitrogens with zero attached hydrogens (tertiary/aromatic N) is 1. The van der Waals surface area contributed by atoms with Crippen LogP contribution in [0.15, 0.2) is 54.6 Å². The Bertz CT molecular complexity index is 765. The summed E-state index contributed by atoms with van der Waals surface area (Å²) in [6.07, 6.45) is 3.34. The average molecular weight is 353 g/mol. The van der Waals surface area contributed by atoms with E-state index in [1.54, 1.807) is 0 Å². The fraction of sp³-hybridized carbons (Fsp3) is 0.318. The second-order valence-electron chi connectivity index (χ2n) is 6.48. The molecule has 0 saturated carbocycles. The van der Waals surface area contributed by atoms with Crippen LogP contribution >= 0.6 is 0 Å². The topological polar surface area (TPSA) is 49.8 Å². The molecule has 0 saturated heterocycles. The molecule has 0 aliphatic carbocycles. The highest BCUT2D eigenvalue weighted by molar-refractivity contribution is 5.82. The Labute approximate surface area is 155 Å². The fourth-order valence-electron chi connectivity index (χ4n) is 2.86. The van der Waals surface area contributed by atoms with Crippen LogP contribution in [0, 0.1) is 0 Å². The third-order valence-corrected chi connectivity index (χ3v) is 4.22. The van der Waals surface area contributed by atoms with Crippen molar-refractivity contribution in [2.45, 2.75) is 19.4 Å². The van der Waals surface area contributed by atoms with Gasteiger partial charge in [0.25, 0.3) is 0 Å². The lowest BCUT2D eigenvalue weighted by molar-refractivity contribution is -0.139. The lowest BCUT2D eigenvalue weighted by Crippen LogP contribution is -2.12. The van der Waals surface area contributed by atoms with Gasteiger partial charge in [-0.05, 0) is 48.3 Å². The highest BCUT2D eigenvalue weighted by atomic mass is 16.5. The Morgan fingerprint density at radius 2 is 1.92 bits per heavy atom. The van der Waals surface area contributed by atoms with Crippen molar-refractivity contribution < 1.29 is 14.6 Å². The van der Waals surface area contributed by atoms with E-state index in [9.17, 15) is 9.90 Å². The van der Waals surface area contributed by atoms with Gasteiger partial charge in [0.05, 0.1) is 20.1 Å². The van der Waals surface area contributed by atoms with E-state index in [4.69, 9.17) is 4.74 Å². The molecular weight excluding hydrogens is 326 g/mol. The number of aliphatic hydroxyl groups excluding tert-OH is 1. The molecule has 4 nitrogen and oxygen atoms in total. The summed E-state index contributed by atoms with van der Waals surface area (Å²) < 4.78 is 4.77. The summed E-state index contributed by atoms with van der Waals surface area (Å²) in [4.78, 5) is 13.7. The molecule has 0 spiro atoms. The quantitative estimate of drug-likeness (QED) is 0.740. The van der Waals surface area contributed by atoms with Crippen LogP contribution in [0.5, 0.6) is 0 Å². The maximum absolute atomic E-state index is 11.6. The number of esters is 1. The molecule has 4 heteroatoms. The van der Waals surface area contributed by atoms with Crippen LogP contribution < -0.4 is 0 Å². The Kier molecular flexibility index (Phi) is 7.57. The normalized spacial score (nSPS) is 11.7. The van der Waals surface area contributed by atoms with Gasteiger partial charge < -0.3 is 14.7 Å². The number of rotatable bonds is 8. The predicted octanol–water partition coefficient (Wildman–Crippen LogP) is 3.28. The van der Waals surface area contributed by atoms with E-state index in [0.717, 1.165) is 40.8 Å². The molecule has 1 N–H and O–H groups in total. The SMILES string of the molecule is COC(=O)Cc1cccc(/C(=C\CCN(C)C)c2ccccc2CO)c1.